The van der Waals surface area contributed by atoms with Crippen LogP contribution in [0.5, 0.6) is 0 Å². The van der Waals surface area contributed by atoms with Gasteiger partial charge in [0.25, 0.3) is 0 Å². The summed E-state index contributed by atoms with van der Waals surface area (Å²) in [5, 5.41) is 0. The number of hydrogen-bond donors (Lipinski definition) is 0. The van der Waals surface area contributed by atoms with Gasteiger partial charge in [-0.05, 0) is 42.7 Å². The minimum absolute atomic E-state index is 0.191. The van der Waals surface area contributed by atoms with Crippen molar-refractivity contribution in [2.24, 2.45) is 0 Å². The van der Waals surface area contributed by atoms with E-state index >= 15 is 0 Å². The van der Waals surface area contributed by atoms with Crippen molar-refractivity contribution in [1.29, 1.82) is 0 Å². The fraction of sp³-hybridized carbons (Fsp3) is 0.214. The summed E-state index contributed by atoms with van der Waals surface area (Å²) in [6, 6.07) is 8.82. The minimum Gasteiger partial charge on any atom is -0.261 e. The number of benzene rings is 1. The molecular formula is C14H14FN. The summed E-state index contributed by atoms with van der Waals surface area (Å²) in [7, 11) is 0. The fourth-order valence-electron chi connectivity index (χ4n) is 1.89. The van der Waals surface area contributed by atoms with Gasteiger partial charge < -0.3 is 0 Å². The Bertz CT molecular complexity index is 506. The maximum Gasteiger partial charge on any atom is 0.123 e. The summed E-state index contributed by atoms with van der Waals surface area (Å²) in [6.45, 7) is 4.00. The summed E-state index contributed by atoms with van der Waals surface area (Å²) in [5.41, 5.74) is 4.16. The SMILES string of the molecule is CCc1ncccc1-c1ccc(F)cc1C. The van der Waals surface area contributed by atoms with Gasteiger partial charge in [0.15, 0.2) is 0 Å². The van der Waals surface area contributed by atoms with Crippen molar-refractivity contribution in [2.45, 2.75) is 20.3 Å². The number of nitrogens with zero attached hydrogens (tertiary/aromatic N) is 1. The normalized spacial score (nSPS) is 10.4. The van der Waals surface area contributed by atoms with Crippen molar-refractivity contribution in [3.05, 3.63) is 53.6 Å². The molecule has 0 unspecified atom stereocenters. The molecule has 0 spiro atoms. The van der Waals surface area contributed by atoms with Crippen molar-refractivity contribution in [3.8, 4) is 11.1 Å². The second kappa shape index (κ2) is 4.44. The quantitative estimate of drug-likeness (QED) is 0.743. The first-order valence-corrected chi connectivity index (χ1v) is 5.42. The number of aryl methyl sites for hydroxylation is 2. The Hall–Kier alpha value is -1.70. The molecule has 0 aliphatic rings. The molecule has 0 bridgehead atoms. The molecule has 0 fully saturated rings. The Labute approximate surface area is 95.0 Å². The Morgan fingerprint density at radius 2 is 2.00 bits per heavy atom. The van der Waals surface area contributed by atoms with Gasteiger partial charge in [-0.25, -0.2) is 4.39 Å². The van der Waals surface area contributed by atoms with Gasteiger partial charge in [0.05, 0.1) is 0 Å². The minimum atomic E-state index is -0.191. The van der Waals surface area contributed by atoms with Crippen LogP contribution in [0.4, 0.5) is 4.39 Å². The lowest BCUT2D eigenvalue weighted by Gasteiger charge is -2.09. The standard InChI is InChI=1S/C14H14FN/c1-3-14-13(5-4-8-16-14)12-7-6-11(15)9-10(12)2/h4-9H,3H2,1-2H3. The smallest absolute Gasteiger partial charge is 0.123 e. The third-order valence-corrected chi connectivity index (χ3v) is 2.70. The van der Waals surface area contributed by atoms with E-state index in [1.165, 1.54) is 6.07 Å². The molecular weight excluding hydrogens is 201 g/mol. The molecule has 0 N–H and O–H groups in total. The van der Waals surface area contributed by atoms with Crippen LogP contribution in [0.1, 0.15) is 18.2 Å². The monoisotopic (exact) mass is 215 g/mol. The number of hydrogen-bond acceptors (Lipinski definition) is 1. The molecule has 0 amide bonds. The van der Waals surface area contributed by atoms with Crippen molar-refractivity contribution in [2.75, 3.05) is 0 Å². The molecule has 1 aromatic heterocycles. The Balaban J connectivity index is 2.58. The van der Waals surface area contributed by atoms with Crippen LogP contribution in [-0.4, -0.2) is 4.98 Å². The molecule has 2 rings (SSSR count). The van der Waals surface area contributed by atoms with Crippen molar-refractivity contribution < 1.29 is 4.39 Å². The number of pyridine rings is 1. The zero-order chi connectivity index (χ0) is 11.5. The second-order valence-electron chi connectivity index (χ2n) is 3.81. The third kappa shape index (κ3) is 1.96. The van der Waals surface area contributed by atoms with Gasteiger partial charge in [0, 0.05) is 17.5 Å². The fourth-order valence-corrected chi connectivity index (χ4v) is 1.89. The Kier molecular flexibility index (Phi) is 3.00. The highest BCUT2D eigenvalue weighted by Crippen LogP contribution is 2.26. The van der Waals surface area contributed by atoms with E-state index in [2.05, 4.69) is 11.9 Å². The number of halogens is 1. The highest BCUT2D eigenvalue weighted by molar-refractivity contribution is 5.69. The first-order valence-electron chi connectivity index (χ1n) is 5.42. The lowest BCUT2D eigenvalue weighted by atomic mass is 9.98. The van der Waals surface area contributed by atoms with E-state index in [1.807, 2.05) is 25.1 Å². The summed E-state index contributed by atoms with van der Waals surface area (Å²) in [4.78, 5) is 4.34. The highest BCUT2D eigenvalue weighted by Gasteiger charge is 2.07. The van der Waals surface area contributed by atoms with E-state index in [0.717, 1.165) is 28.8 Å². The Morgan fingerprint density at radius 3 is 2.69 bits per heavy atom. The topological polar surface area (TPSA) is 12.9 Å². The van der Waals surface area contributed by atoms with Gasteiger partial charge in [-0.3, -0.25) is 4.98 Å². The van der Waals surface area contributed by atoms with Crippen LogP contribution in [0, 0.1) is 12.7 Å². The van der Waals surface area contributed by atoms with Gasteiger partial charge in [-0.1, -0.05) is 19.1 Å². The molecule has 0 radical (unpaired) electrons. The largest absolute Gasteiger partial charge is 0.261 e. The molecule has 0 saturated heterocycles. The average Bonchev–Trinajstić information content (AvgIpc) is 2.29. The second-order valence-corrected chi connectivity index (χ2v) is 3.81. The van der Waals surface area contributed by atoms with Crippen LogP contribution in [0.25, 0.3) is 11.1 Å². The lowest BCUT2D eigenvalue weighted by molar-refractivity contribution is 0.627. The molecule has 2 heteroatoms. The summed E-state index contributed by atoms with van der Waals surface area (Å²) < 4.78 is 13.0. The molecule has 1 aromatic carbocycles. The van der Waals surface area contributed by atoms with Gasteiger partial charge in [-0.2, -0.15) is 0 Å². The molecule has 0 atom stereocenters. The maximum atomic E-state index is 13.0. The lowest BCUT2D eigenvalue weighted by Crippen LogP contribution is -1.93. The van der Waals surface area contributed by atoms with E-state index in [0.29, 0.717) is 0 Å². The predicted molar refractivity (Wildman–Crippen MR) is 63.7 cm³/mol. The zero-order valence-corrected chi connectivity index (χ0v) is 9.50. The summed E-state index contributed by atoms with van der Waals surface area (Å²) in [5.74, 6) is -0.191. The summed E-state index contributed by atoms with van der Waals surface area (Å²) in [6.07, 6.45) is 2.67. The summed E-state index contributed by atoms with van der Waals surface area (Å²) >= 11 is 0. The van der Waals surface area contributed by atoms with Crippen LogP contribution in [-0.2, 0) is 6.42 Å². The van der Waals surface area contributed by atoms with E-state index in [1.54, 1.807) is 12.3 Å². The number of aromatic nitrogens is 1. The third-order valence-electron chi connectivity index (χ3n) is 2.70. The van der Waals surface area contributed by atoms with E-state index < -0.39 is 0 Å². The molecule has 0 saturated carbocycles. The first-order chi connectivity index (χ1) is 7.72. The molecule has 82 valence electrons. The van der Waals surface area contributed by atoms with E-state index in [9.17, 15) is 4.39 Å². The predicted octanol–water partition coefficient (Wildman–Crippen LogP) is 3.76. The molecule has 2 aromatic rings. The van der Waals surface area contributed by atoms with Crippen LogP contribution < -0.4 is 0 Å². The van der Waals surface area contributed by atoms with Crippen molar-refractivity contribution in [3.63, 3.8) is 0 Å². The highest BCUT2D eigenvalue weighted by atomic mass is 19.1. The van der Waals surface area contributed by atoms with Crippen molar-refractivity contribution >= 4 is 0 Å². The van der Waals surface area contributed by atoms with Crippen LogP contribution >= 0.6 is 0 Å². The van der Waals surface area contributed by atoms with Gasteiger partial charge in [0.2, 0.25) is 0 Å². The molecule has 16 heavy (non-hydrogen) atoms. The zero-order valence-electron chi connectivity index (χ0n) is 9.50. The van der Waals surface area contributed by atoms with Gasteiger partial charge >= 0.3 is 0 Å². The molecule has 0 aliphatic carbocycles. The van der Waals surface area contributed by atoms with Crippen LogP contribution in [0.15, 0.2) is 36.5 Å². The van der Waals surface area contributed by atoms with E-state index in [-0.39, 0.29) is 5.82 Å². The van der Waals surface area contributed by atoms with Gasteiger partial charge in [0.1, 0.15) is 5.82 Å². The maximum absolute atomic E-state index is 13.0. The van der Waals surface area contributed by atoms with Crippen LogP contribution in [0.2, 0.25) is 0 Å². The van der Waals surface area contributed by atoms with E-state index in [4.69, 9.17) is 0 Å². The first kappa shape index (κ1) is 10.8. The Morgan fingerprint density at radius 1 is 1.19 bits per heavy atom. The van der Waals surface area contributed by atoms with Crippen LogP contribution in [0.3, 0.4) is 0 Å². The number of rotatable bonds is 2. The van der Waals surface area contributed by atoms with Crippen molar-refractivity contribution in [1.82, 2.24) is 4.98 Å². The molecule has 1 nitrogen and oxygen atoms in total. The average molecular weight is 215 g/mol. The molecule has 0 aliphatic heterocycles. The molecule has 1 heterocycles. The van der Waals surface area contributed by atoms with Gasteiger partial charge in [-0.15, -0.1) is 0 Å².